The number of carbonyl (C=O) groups is 1. The van der Waals surface area contributed by atoms with E-state index < -0.39 is 10.8 Å². The predicted octanol–water partition coefficient (Wildman–Crippen LogP) is 3.43. The van der Waals surface area contributed by atoms with Crippen molar-refractivity contribution in [1.82, 2.24) is 10.2 Å². The number of nitrogens with zero attached hydrogens (tertiary/aromatic N) is 1. The Kier molecular flexibility index (Phi) is 8.60. The smallest absolute Gasteiger partial charge is 0.220 e. The van der Waals surface area contributed by atoms with Gasteiger partial charge in [0.2, 0.25) is 5.91 Å². The number of hydrogen-bond donors (Lipinski definition) is 1. The summed E-state index contributed by atoms with van der Waals surface area (Å²) in [5.41, 5.74) is -0.000591. The molecule has 24 heavy (non-hydrogen) atoms. The minimum absolute atomic E-state index is 0.000591. The van der Waals surface area contributed by atoms with Crippen molar-refractivity contribution >= 4 is 32.6 Å². The third kappa shape index (κ3) is 7.45. The van der Waals surface area contributed by atoms with Crippen molar-refractivity contribution in [3.8, 4) is 0 Å². The Morgan fingerprint density at radius 1 is 1.29 bits per heavy atom. The summed E-state index contributed by atoms with van der Waals surface area (Å²) in [6.45, 7) is 7.25. The van der Waals surface area contributed by atoms with Gasteiger partial charge in [0.1, 0.15) is 0 Å². The van der Waals surface area contributed by atoms with Crippen molar-refractivity contribution in [2.24, 2.45) is 5.41 Å². The van der Waals surface area contributed by atoms with Gasteiger partial charge in [0.05, 0.1) is 10.8 Å². The van der Waals surface area contributed by atoms with E-state index in [-0.39, 0.29) is 17.4 Å². The fourth-order valence-corrected chi connectivity index (χ4v) is 3.88. The van der Waals surface area contributed by atoms with Crippen LogP contribution < -0.4 is 5.32 Å². The average molecular weight is 417 g/mol. The van der Waals surface area contributed by atoms with E-state index in [1.807, 2.05) is 45.3 Å². The predicted molar refractivity (Wildman–Crippen MR) is 105 cm³/mol. The molecule has 6 heteroatoms. The summed E-state index contributed by atoms with van der Waals surface area (Å²) in [5, 5.41) is 3.08. The molecule has 2 atom stereocenters. The van der Waals surface area contributed by atoms with E-state index >= 15 is 0 Å². The quantitative estimate of drug-likeness (QED) is 0.670. The summed E-state index contributed by atoms with van der Waals surface area (Å²) in [6.07, 6.45) is 1.03. The molecule has 4 nitrogen and oxygen atoms in total. The van der Waals surface area contributed by atoms with E-state index in [0.717, 1.165) is 15.9 Å². The SMILES string of the molecule is C[C@@H](NC(=O)CCC[S@@](=O)c1ccc(Br)cc1)C(C)(C)CN(C)C. The Labute approximate surface area is 157 Å². The van der Waals surface area contributed by atoms with Crippen molar-refractivity contribution in [2.45, 2.75) is 44.6 Å². The molecule has 1 N–H and O–H groups in total. The second kappa shape index (κ2) is 9.68. The van der Waals surface area contributed by atoms with Gasteiger partial charge in [-0.15, -0.1) is 0 Å². The maximum atomic E-state index is 12.2. The van der Waals surface area contributed by atoms with E-state index in [1.165, 1.54) is 0 Å². The summed E-state index contributed by atoms with van der Waals surface area (Å²) in [7, 11) is 3.02. The molecule has 0 aliphatic carbocycles. The van der Waals surface area contributed by atoms with Gasteiger partial charge in [0, 0.05) is 34.1 Å². The average Bonchev–Trinajstić information content (AvgIpc) is 2.46. The van der Waals surface area contributed by atoms with Crippen LogP contribution in [0.2, 0.25) is 0 Å². The first-order chi connectivity index (χ1) is 11.1. The third-order valence-electron chi connectivity index (χ3n) is 4.08. The van der Waals surface area contributed by atoms with Crippen LogP contribution in [0.15, 0.2) is 33.6 Å². The van der Waals surface area contributed by atoms with E-state index in [9.17, 15) is 9.00 Å². The maximum absolute atomic E-state index is 12.2. The molecule has 1 aromatic carbocycles. The highest BCUT2D eigenvalue weighted by atomic mass is 79.9. The van der Waals surface area contributed by atoms with E-state index in [0.29, 0.717) is 18.6 Å². The van der Waals surface area contributed by atoms with Crippen molar-refractivity contribution < 1.29 is 9.00 Å². The highest BCUT2D eigenvalue weighted by Crippen LogP contribution is 2.21. The fraction of sp³-hybridized carbons (Fsp3) is 0.611. The van der Waals surface area contributed by atoms with E-state index in [4.69, 9.17) is 0 Å². The van der Waals surface area contributed by atoms with Gasteiger partial charge >= 0.3 is 0 Å². The second-order valence-electron chi connectivity index (χ2n) is 7.12. The topological polar surface area (TPSA) is 49.4 Å². The van der Waals surface area contributed by atoms with E-state index in [1.54, 1.807) is 0 Å². The van der Waals surface area contributed by atoms with Gasteiger partial charge in [-0.2, -0.15) is 0 Å². The lowest BCUT2D eigenvalue weighted by Crippen LogP contribution is -2.47. The van der Waals surface area contributed by atoms with Gasteiger partial charge in [0.25, 0.3) is 0 Å². The molecular formula is C18H29BrN2O2S. The zero-order valence-electron chi connectivity index (χ0n) is 15.3. The molecule has 136 valence electrons. The van der Waals surface area contributed by atoms with Gasteiger partial charge in [-0.3, -0.25) is 9.00 Å². The number of hydrogen-bond acceptors (Lipinski definition) is 3. The minimum atomic E-state index is -1.05. The van der Waals surface area contributed by atoms with Crippen LogP contribution in [-0.4, -0.2) is 47.5 Å². The standard InChI is InChI=1S/C18H29BrN2O2S/c1-14(18(2,3)13-21(4)5)20-17(22)7-6-12-24(23)16-10-8-15(19)9-11-16/h8-11,14H,6-7,12-13H2,1-5H3,(H,20,22)/t14-,24-/m1/s1. The molecular weight excluding hydrogens is 388 g/mol. The summed E-state index contributed by atoms with van der Waals surface area (Å²) >= 11 is 3.36. The normalized spacial score (nSPS) is 14.5. The largest absolute Gasteiger partial charge is 0.353 e. The van der Waals surface area contributed by atoms with Gasteiger partial charge in [-0.05, 0) is 57.1 Å². The Balaban J connectivity index is 2.38. The number of rotatable bonds is 9. The van der Waals surface area contributed by atoms with Crippen LogP contribution in [0.5, 0.6) is 0 Å². The van der Waals surface area contributed by atoms with Gasteiger partial charge in [-0.1, -0.05) is 29.8 Å². The molecule has 0 saturated carbocycles. The molecule has 0 aliphatic rings. The van der Waals surface area contributed by atoms with Crippen LogP contribution in [0.1, 0.15) is 33.6 Å². The number of nitrogens with one attached hydrogen (secondary N) is 1. The monoisotopic (exact) mass is 416 g/mol. The molecule has 0 radical (unpaired) electrons. The number of amides is 1. The summed E-state index contributed by atoms with van der Waals surface area (Å²) in [6, 6.07) is 7.56. The fourth-order valence-electron chi connectivity index (χ4n) is 2.53. The zero-order valence-corrected chi connectivity index (χ0v) is 17.7. The van der Waals surface area contributed by atoms with E-state index in [2.05, 4.69) is 40.0 Å². The molecule has 0 aromatic heterocycles. The lowest BCUT2D eigenvalue weighted by Gasteiger charge is -2.34. The highest BCUT2D eigenvalue weighted by Gasteiger charge is 2.27. The molecule has 0 saturated heterocycles. The first-order valence-electron chi connectivity index (χ1n) is 8.20. The lowest BCUT2D eigenvalue weighted by molar-refractivity contribution is -0.122. The van der Waals surface area contributed by atoms with Crippen LogP contribution in [-0.2, 0) is 15.6 Å². The molecule has 0 aliphatic heterocycles. The Morgan fingerprint density at radius 2 is 1.88 bits per heavy atom. The van der Waals surface area contributed by atoms with Gasteiger partial charge < -0.3 is 10.2 Å². The van der Waals surface area contributed by atoms with Crippen molar-refractivity contribution in [1.29, 1.82) is 0 Å². The van der Waals surface area contributed by atoms with Crippen LogP contribution in [0.4, 0.5) is 0 Å². The van der Waals surface area contributed by atoms with Crippen LogP contribution in [0.25, 0.3) is 0 Å². The molecule has 1 aromatic rings. The first kappa shape index (κ1) is 21.3. The summed E-state index contributed by atoms with van der Waals surface area (Å²) in [4.78, 5) is 15.1. The Hall–Kier alpha value is -0.720. The maximum Gasteiger partial charge on any atom is 0.220 e. The Morgan fingerprint density at radius 3 is 2.42 bits per heavy atom. The summed E-state index contributed by atoms with van der Waals surface area (Å²) in [5.74, 6) is 0.534. The van der Waals surface area contributed by atoms with Gasteiger partial charge in [-0.25, -0.2) is 0 Å². The van der Waals surface area contributed by atoms with Crippen LogP contribution in [0.3, 0.4) is 0 Å². The highest BCUT2D eigenvalue weighted by molar-refractivity contribution is 9.10. The van der Waals surface area contributed by atoms with Crippen molar-refractivity contribution in [3.63, 3.8) is 0 Å². The first-order valence-corrected chi connectivity index (χ1v) is 10.3. The summed E-state index contributed by atoms with van der Waals surface area (Å²) < 4.78 is 13.2. The number of carbonyl (C=O) groups excluding carboxylic acids is 1. The zero-order chi connectivity index (χ0) is 18.3. The molecule has 1 amide bonds. The molecule has 0 bridgehead atoms. The van der Waals surface area contributed by atoms with Crippen LogP contribution >= 0.6 is 15.9 Å². The van der Waals surface area contributed by atoms with Gasteiger partial charge in [0.15, 0.2) is 0 Å². The van der Waals surface area contributed by atoms with Crippen molar-refractivity contribution in [3.05, 3.63) is 28.7 Å². The molecule has 0 unspecified atom stereocenters. The number of halogens is 1. The molecule has 1 rings (SSSR count). The molecule has 0 fully saturated rings. The van der Waals surface area contributed by atoms with Crippen LogP contribution in [0, 0.1) is 5.41 Å². The second-order valence-corrected chi connectivity index (χ2v) is 9.61. The number of benzene rings is 1. The Bertz CT molecular complexity index is 559. The minimum Gasteiger partial charge on any atom is -0.353 e. The van der Waals surface area contributed by atoms with Crippen molar-refractivity contribution in [2.75, 3.05) is 26.4 Å². The molecule has 0 heterocycles. The molecule has 0 spiro atoms. The lowest BCUT2D eigenvalue weighted by atomic mass is 9.85. The third-order valence-corrected chi connectivity index (χ3v) is 6.07.